The fourth-order valence-electron chi connectivity index (χ4n) is 2.90. The van der Waals surface area contributed by atoms with Gasteiger partial charge in [0.1, 0.15) is 0 Å². The topological polar surface area (TPSA) is 39.1 Å². The summed E-state index contributed by atoms with van der Waals surface area (Å²) in [5, 5.41) is 12.6. The SMILES string of the molecule is CCC(CC)C(CNC(C)c1cccc(C#N)c1)N(C)C. The molecule has 21 heavy (non-hydrogen) atoms. The average Bonchev–Trinajstić information content (AvgIpc) is 2.50. The van der Waals surface area contributed by atoms with E-state index in [1.165, 1.54) is 18.4 Å². The van der Waals surface area contributed by atoms with E-state index in [0.717, 1.165) is 12.1 Å². The van der Waals surface area contributed by atoms with Crippen LogP contribution in [-0.4, -0.2) is 31.6 Å². The summed E-state index contributed by atoms with van der Waals surface area (Å²) in [6.07, 6.45) is 2.42. The Labute approximate surface area is 130 Å². The third-order valence-electron chi connectivity index (χ3n) is 4.41. The lowest BCUT2D eigenvalue weighted by Gasteiger charge is -2.32. The van der Waals surface area contributed by atoms with E-state index < -0.39 is 0 Å². The first-order chi connectivity index (χ1) is 10.0. The predicted molar refractivity (Wildman–Crippen MR) is 89.1 cm³/mol. The van der Waals surface area contributed by atoms with E-state index >= 15 is 0 Å². The van der Waals surface area contributed by atoms with Gasteiger partial charge in [0, 0.05) is 18.6 Å². The molecule has 0 amide bonds. The Morgan fingerprint density at radius 2 is 1.90 bits per heavy atom. The maximum absolute atomic E-state index is 8.99. The molecule has 0 fully saturated rings. The first-order valence-corrected chi connectivity index (χ1v) is 7.93. The third kappa shape index (κ3) is 5.15. The van der Waals surface area contributed by atoms with Gasteiger partial charge < -0.3 is 10.2 Å². The highest BCUT2D eigenvalue weighted by molar-refractivity contribution is 5.34. The van der Waals surface area contributed by atoms with Gasteiger partial charge in [-0.25, -0.2) is 0 Å². The number of hydrogen-bond donors (Lipinski definition) is 1. The van der Waals surface area contributed by atoms with Crippen molar-refractivity contribution in [2.24, 2.45) is 5.92 Å². The molecular formula is C18H29N3. The number of likely N-dealkylation sites (N-methyl/N-ethyl adjacent to an activating group) is 1. The summed E-state index contributed by atoms with van der Waals surface area (Å²) in [5.41, 5.74) is 1.90. The molecule has 1 aromatic carbocycles. The van der Waals surface area contributed by atoms with Crippen molar-refractivity contribution in [3.8, 4) is 6.07 Å². The second-order valence-electron chi connectivity index (χ2n) is 5.97. The van der Waals surface area contributed by atoms with E-state index in [1.807, 2.05) is 18.2 Å². The van der Waals surface area contributed by atoms with Gasteiger partial charge in [-0.3, -0.25) is 0 Å². The van der Waals surface area contributed by atoms with Crippen molar-refractivity contribution in [3.63, 3.8) is 0 Å². The quantitative estimate of drug-likeness (QED) is 0.794. The van der Waals surface area contributed by atoms with Crippen molar-refractivity contribution >= 4 is 0 Å². The monoisotopic (exact) mass is 287 g/mol. The van der Waals surface area contributed by atoms with E-state index in [2.05, 4.69) is 57.2 Å². The highest BCUT2D eigenvalue weighted by Crippen LogP contribution is 2.19. The van der Waals surface area contributed by atoms with Gasteiger partial charge in [0.2, 0.25) is 0 Å². The molecule has 0 radical (unpaired) electrons. The number of nitriles is 1. The molecule has 0 bridgehead atoms. The van der Waals surface area contributed by atoms with Gasteiger partial charge in [0.25, 0.3) is 0 Å². The number of nitrogens with one attached hydrogen (secondary N) is 1. The Hall–Kier alpha value is -1.37. The van der Waals surface area contributed by atoms with Crippen LogP contribution in [-0.2, 0) is 0 Å². The van der Waals surface area contributed by atoms with Crippen LogP contribution in [0.1, 0.15) is 50.8 Å². The number of hydrogen-bond acceptors (Lipinski definition) is 3. The number of rotatable bonds is 8. The zero-order valence-corrected chi connectivity index (χ0v) is 14.1. The molecule has 3 heteroatoms. The van der Waals surface area contributed by atoms with Gasteiger partial charge in [-0.1, -0.05) is 38.8 Å². The Kier molecular flexibility index (Phi) is 7.42. The van der Waals surface area contributed by atoms with Crippen molar-refractivity contribution in [1.82, 2.24) is 10.2 Å². The standard InChI is InChI=1S/C18H29N3/c1-6-16(7-2)18(21(4)5)13-20-14(3)17-10-8-9-15(11-17)12-19/h8-11,14,16,18,20H,6-7,13H2,1-5H3. The normalized spacial score (nSPS) is 14.2. The summed E-state index contributed by atoms with van der Waals surface area (Å²) in [7, 11) is 4.32. The molecule has 2 atom stereocenters. The molecule has 0 aliphatic carbocycles. The van der Waals surface area contributed by atoms with Crippen LogP contribution >= 0.6 is 0 Å². The van der Waals surface area contributed by atoms with Gasteiger partial charge in [0.15, 0.2) is 0 Å². The van der Waals surface area contributed by atoms with E-state index in [4.69, 9.17) is 5.26 Å². The first kappa shape index (κ1) is 17.7. The van der Waals surface area contributed by atoms with Crippen molar-refractivity contribution in [2.45, 2.75) is 45.7 Å². The molecule has 2 unspecified atom stereocenters. The molecule has 1 N–H and O–H groups in total. The maximum atomic E-state index is 8.99. The minimum atomic E-state index is 0.259. The van der Waals surface area contributed by atoms with Crippen LogP contribution < -0.4 is 5.32 Å². The summed E-state index contributed by atoms with van der Waals surface area (Å²) in [4.78, 5) is 2.32. The van der Waals surface area contributed by atoms with Crippen LogP contribution in [0.25, 0.3) is 0 Å². The van der Waals surface area contributed by atoms with Gasteiger partial charge >= 0.3 is 0 Å². The van der Waals surface area contributed by atoms with Gasteiger partial charge in [-0.05, 0) is 44.6 Å². The van der Waals surface area contributed by atoms with Crippen LogP contribution in [0.4, 0.5) is 0 Å². The summed E-state index contributed by atoms with van der Waals surface area (Å²) < 4.78 is 0. The van der Waals surface area contributed by atoms with E-state index in [0.29, 0.717) is 12.0 Å². The highest BCUT2D eigenvalue weighted by atomic mass is 15.1. The molecule has 0 aliphatic rings. The molecule has 0 spiro atoms. The Bertz CT molecular complexity index is 458. The molecule has 0 aromatic heterocycles. The largest absolute Gasteiger partial charge is 0.309 e. The molecular weight excluding hydrogens is 258 g/mol. The molecule has 116 valence electrons. The molecule has 0 heterocycles. The lowest BCUT2D eigenvalue weighted by Crippen LogP contribution is -2.43. The summed E-state index contributed by atoms with van der Waals surface area (Å²) in [6.45, 7) is 7.67. The van der Waals surface area contributed by atoms with Crippen LogP contribution in [0.15, 0.2) is 24.3 Å². The Morgan fingerprint density at radius 3 is 2.43 bits per heavy atom. The van der Waals surface area contributed by atoms with Crippen molar-refractivity contribution in [3.05, 3.63) is 35.4 Å². The van der Waals surface area contributed by atoms with Gasteiger partial charge in [0.05, 0.1) is 11.6 Å². The second-order valence-corrected chi connectivity index (χ2v) is 5.97. The highest BCUT2D eigenvalue weighted by Gasteiger charge is 2.21. The van der Waals surface area contributed by atoms with E-state index in [-0.39, 0.29) is 6.04 Å². The molecule has 3 nitrogen and oxygen atoms in total. The van der Waals surface area contributed by atoms with Crippen LogP contribution in [0.3, 0.4) is 0 Å². The maximum Gasteiger partial charge on any atom is 0.0991 e. The lowest BCUT2D eigenvalue weighted by atomic mass is 9.93. The van der Waals surface area contributed by atoms with Crippen LogP contribution in [0.2, 0.25) is 0 Å². The molecule has 1 aromatic rings. The Balaban J connectivity index is 2.68. The predicted octanol–water partition coefficient (Wildman–Crippen LogP) is 3.58. The zero-order valence-electron chi connectivity index (χ0n) is 14.1. The Morgan fingerprint density at radius 1 is 1.24 bits per heavy atom. The number of nitrogens with zero attached hydrogens (tertiary/aromatic N) is 2. The van der Waals surface area contributed by atoms with Crippen molar-refractivity contribution < 1.29 is 0 Å². The minimum absolute atomic E-state index is 0.259. The fourth-order valence-corrected chi connectivity index (χ4v) is 2.90. The van der Waals surface area contributed by atoms with Crippen molar-refractivity contribution in [1.29, 1.82) is 5.26 Å². The first-order valence-electron chi connectivity index (χ1n) is 7.93. The van der Waals surface area contributed by atoms with Crippen LogP contribution in [0.5, 0.6) is 0 Å². The molecule has 0 aliphatic heterocycles. The molecule has 0 saturated heterocycles. The van der Waals surface area contributed by atoms with E-state index in [9.17, 15) is 0 Å². The summed E-state index contributed by atoms with van der Waals surface area (Å²) in [5.74, 6) is 0.713. The van der Waals surface area contributed by atoms with Crippen molar-refractivity contribution in [2.75, 3.05) is 20.6 Å². The molecule has 1 rings (SSSR count). The average molecular weight is 287 g/mol. The third-order valence-corrected chi connectivity index (χ3v) is 4.41. The number of benzene rings is 1. The second kappa shape index (κ2) is 8.81. The zero-order chi connectivity index (χ0) is 15.8. The summed E-state index contributed by atoms with van der Waals surface area (Å²) >= 11 is 0. The smallest absolute Gasteiger partial charge is 0.0991 e. The summed E-state index contributed by atoms with van der Waals surface area (Å²) in [6, 6.07) is 10.9. The van der Waals surface area contributed by atoms with Gasteiger partial charge in [-0.2, -0.15) is 5.26 Å². The van der Waals surface area contributed by atoms with E-state index in [1.54, 1.807) is 0 Å². The van der Waals surface area contributed by atoms with Gasteiger partial charge in [-0.15, -0.1) is 0 Å². The fraction of sp³-hybridized carbons (Fsp3) is 0.611. The molecule has 0 saturated carbocycles. The lowest BCUT2D eigenvalue weighted by molar-refractivity contribution is 0.190. The van der Waals surface area contributed by atoms with Crippen LogP contribution in [0, 0.1) is 17.2 Å². The minimum Gasteiger partial charge on any atom is -0.309 e.